The maximum atomic E-state index is 12.0. The Balaban J connectivity index is 1.56. The van der Waals surface area contributed by atoms with E-state index in [1.807, 2.05) is 26.0 Å². The molecular formula is C17H16ClN5O3. The summed E-state index contributed by atoms with van der Waals surface area (Å²) in [7, 11) is 0. The summed E-state index contributed by atoms with van der Waals surface area (Å²) < 4.78 is 6.41. The number of rotatable bonds is 5. The lowest BCUT2D eigenvalue weighted by atomic mass is 10.2. The molecule has 2 aromatic heterocycles. The van der Waals surface area contributed by atoms with E-state index in [4.69, 9.17) is 16.3 Å². The molecule has 0 aliphatic rings. The highest BCUT2D eigenvalue weighted by Gasteiger charge is 2.17. The molecule has 134 valence electrons. The predicted octanol–water partition coefficient (Wildman–Crippen LogP) is 1.87. The highest BCUT2D eigenvalue weighted by Crippen LogP contribution is 2.10. The number of benzene rings is 1. The second-order valence-corrected chi connectivity index (χ2v) is 6.11. The monoisotopic (exact) mass is 373 g/mol. The average molecular weight is 374 g/mol. The van der Waals surface area contributed by atoms with E-state index in [0.29, 0.717) is 10.8 Å². The molecule has 0 radical (unpaired) electrons. The normalized spacial score (nSPS) is 10.7. The van der Waals surface area contributed by atoms with Crippen molar-refractivity contribution >= 4 is 29.3 Å². The molecule has 26 heavy (non-hydrogen) atoms. The second kappa shape index (κ2) is 7.49. The number of nitrogens with one attached hydrogen (secondary N) is 1. The van der Waals surface area contributed by atoms with E-state index < -0.39 is 18.5 Å². The first-order chi connectivity index (χ1) is 12.4. The van der Waals surface area contributed by atoms with Crippen molar-refractivity contribution in [1.29, 1.82) is 0 Å². The maximum Gasteiger partial charge on any atom is 0.378 e. The number of esters is 1. The summed E-state index contributed by atoms with van der Waals surface area (Å²) in [5, 5.41) is 7.28. The SMILES string of the molecule is Cc1cc(C)n2nc(C(=O)OCC(=O)NCc3cccc(Cl)c3)nc2n1. The van der Waals surface area contributed by atoms with Crippen LogP contribution in [0.5, 0.6) is 0 Å². The van der Waals surface area contributed by atoms with Crippen LogP contribution in [-0.2, 0) is 16.1 Å². The fraction of sp³-hybridized carbons (Fsp3) is 0.235. The number of fused-ring (bicyclic) bond motifs is 1. The van der Waals surface area contributed by atoms with Crippen molar-refractivity contribution in [2.45, 2.75) is 20.4 Å². The summed E-state index contributed by atoms with van der Waals surface area (Å²) in [6, 6.07) is 8.92. The molecule has 0 unspecified atom stereocenters. The van der Waals surface area contributed by atoms with Gasteiger partial charge in [-0.3, -0.25) is 4.79 Å². The molecular weight excluding hydrogens is 358 g/mol. The van der Waals surface area contributed by atoms with Gasteiger partial charge >= 0.3 is 5.97 Å². The minimum Gasteiger partial charge on any atom is -0.450 e. The Bertz CT molecular complexity index is 986. The van der Waals surface area contributed by atoms with Gasteiger partial charge in [-0.15, -0.1) is 5.10 Å². The summed E-state index contributed by atoms with van der Waals surface area (Å²) in [5.74, 6) is -1.06. The summed E-state index contributed by atoms with van der Waals surface area (Å²) in [6.45, 7) is 3.50. The highest BCUT2D eigenvalue weighted by atomic mass is 35.5. The molecule has 8 nitrogen and oxygen atoms in total. The molecule has 3 aromatic rings. The highest BCUT2D eigenvalue weighted by molar-refractivity contribution is 6.30. The van der Waals surface area contributed by atoms with Crippen LogP contribution in [0.1, 0.15) is 27.6 Å². The van der Waals surface area contributed by atoms with Gasteiger partial charge in [0, 0.05) is 23.0 Å². The fourth-order valence-electron chi connectivity index (χ4n) is 2.35. The van der Waals surface area contributed by atoms with Gasteiger partial charge in [-0.05, 0) is 37.6 Å². The van der Waals surface area contributed by atoms with Crippen molar-refractivity contribution in [1.82, 2.24) is 24.9 Å². The van der Waals surface area contributed by atoms with Crippen molar-refractivity contribution in [3.05, 3.63) is 58.1 Å². The van der Waals surface area contributed by atoms with E-state index in [0.717, 1.165) is 17.0 Å². The molecule has 3 rings (SSSR count). The predicted molar refractivity (Wildman–Crippen MR) is 93.8 cm³/mol. The van der Waals surface area contributed by atoms with Gasteiger partial charge in [-0.25, -0.2) is 14.3 Å². The van der Waals surface area contributed by atoms with Crippen LogP contribution in [0, 0.1) is 13.8 Å². The molecule has 2 heterocycles. The lowest BCUT2D eigenvalue weighted by molar-refractivity contribution is -0.124. The first kappa shape index (κ1) is 17.8. The van der Waals surface area contributed by atoms with Crippen LogP contribution in [0.25, 0.3) is 5.78 Å². The fourth-order valence-corrected chi connectivity index (χ4v) is 2.56. The largest absolute Gasteiger partial charge is 0.450 e. The average Bonchev–Trinajstić information content (AvgIpc) is 3.02. The van der Waals surface area contributed by atoms with Gasteiger partial charge < -0.3 is 10.1 Å². The van der Waals surface area contributed by atoms with Gasteiger partial charge in [0.25, 0.3) is 17.5 Å². The summed E-state index contributed by atoms with van der Waals surface area (Å²) in [5.41, 5.74) is 2.40. The number of nitrogens with zero attached hydrogens (tertiary/aromatic N) is 4. The molecule has 0 bridgehead atoms. The molecule has 1 amide bonds. The van der Waals surface area contributed by atoms with Crippen LogP contribution in [-0.4, -0.2) is 38.1 Å². The summed E-state index contributed by atoms with van der Waals surface area (Å²) in [4.78, 5) is 32.1. The topological polar surface area (TPSA) is 98.5 Å². The van der Waals surface area contributed by atoms with E-state index in [2.05, 4.69) is 20.4 Å². The van der Waals surface area contributed by atoms with Crippen LogP contribution in [0.4, 0.5) is 0 Å². The van der Waals surface area contributed by atoms with Crippen molar-refractivity contribution < 1.29 is 14.3 Å². The number of carbonyl (C=O) groups excluding carboxylic acids is 2. The number of aryl methyl sites for hydroxylation is 2. The summed E-state index contributed by atoms with van der Waals surface area (Å²) >= 11 is 5.88. The Hall–Kier alpha value is -3.00. The Labute approximate surface area is 154 Å². The van der Waals surface area contributed by atoms with Gasteiger partial charge in [-0.2, -0.15) is 4.98 Å². The molecule has 0 atom stereocenters. The Morgan fingerprint density at radius 1 is 1.23 bits per heavy atom. The zero-order valence-electron chi connectivity index (χ0n) is 14.2. The van der Waals surface area contributed by atoms with Crippen LogP contribution in [0.2, 0.25) is 5.02 Å². The van der Waals surface area contributed by atoms with Crippen molar-refractivity contribution in [2.24, 2.45) is 0 Å². The zero-order valence-corrected chi connectivity index (χ0v) is 14.9. The maximum absolute atomic E-state index is 12.0. The van der Waals surface area contributed by atoms with Gasteiger partial charge in [0.2, 0.25) is 0 Å². The third-order valence-corrected chi connectivity index (χ3v) is 3.75. The van der Waals surface area contributed by atoms with E-state index in [1.54, 1.807) is 18.2 Å². The number of ether oxygens (including phenoxy) is 1. The minimum absolute atomic E-state index is 0.145. The number of carbonyl (C=O) groups is 2. The quantitative estimate of drug-likeness (QED) is 0.685. The molecule has 0 saturated carbocycles. The molecule has 0 spiro atoms. The van der Waals surface area contributed by atoms with Gasteiger partial charge in [0.15, 0.2) is 6.61 Å². The number of halogens is 1. The van der Waals surface area contributed by atoms with Crippen LogP contribution >= 0.6 is 11.6 Å². The van der Waals surface area contributed by atoms with E-state index in [1.165, 1.54) is 4.52 Å². The minimum atomic E-state index is -0.787. The first-order valence-corrected chi connectivity index (χ1v) is 8.19. The lowest BCUT2D eigenvalue weighted by Gasteiger charge is -2.06. The molecule has 0 saturated heterocycles. The van der Waals surface area contributed by atoms with Crippen LogP contribution in [0.15, 0.2) is 30.3 Å². The van der Waals surface area contributed by atoms with Gasteiger partial charge in [0.1, 0.15) is 0 Å². The van der Waals surface area contributed by atoms with E-state index in [-0.39, 0.29) is 12.4 Å². The number of hydrogen-bond donors (Lipinski definition) is 1. The smallest absolute Gasteiger partial charge is 0.378 e. The molecule has 1 aromatic carbocycles. The number of amides is 1. The molecule has 0 aliphatic carbocycles. The van der Waals surface area contributed by atoms with Crippen molar-refractivity contribution in [3.8, 4) is 0 Å². The first-order valence-electron chi connectivity index (χ1n) is 7.81. The van der Waals surface area contributed by atoms with Crippen LogP contribution < -0.4 is 5.32 Å². The molecule has 1 N–H and O–H groups in total. The zero-order chi connectivity index (χ0) is 18.7. The molecule has 9 heteroatoms. The number of hydrogen-bond acceptors (Lipinski definition) is 6. The second-order valence-electron chi connectivity index (χ2n) is 5.67. The third-order valence-electron chi connectivity index (χ3n) is 3.51. The van der Waals surface area contributed by atoms with E-state index >= 15 is 0 Å². The Kier molecular flexibility index (Phi) is 5.13. The lowest BCUT2D eigenvalue weighted by Crippen LogP contribution is -2.28. The van der Waals surface area contributed by atoms with Crippen molar-refractivity contribution in [3.63, 3.8) is 0 Å². The molecule has 0 aliphatic heterocycles. The molecule has 0 fully saturated rings. The summed E-state index contributed by atoms with van der Waals surface area (Å²) in [6.07, 6.45) is 0. The Morgan fingerprint density at radius 3 is 2.81 bits per heavy atom. The van der Waals surface area contributed by atoms with Gasteiger partial charge in [-0.1, -0.05) is 23.7 Å². The standard InChI is InChI=1S/C17H16ClN5O3/c1-10-6-11(2)23-17(20-10)21-15(22-23)16(25)26-9-14(24)19-8-12-4-3-5-13(18)7-12/h3-7H,8-9H2,1-2H3,(H,19,24). The third kappa shape index (κ3) is 4.15. The van der Waals surface area contributed by atoms with Gasteiger partial charge in [0.05, 0.1) is 0 Å². The van der Waals surface area contributed by atoms with Crippen molar-refractivity contribution in [2.75, 3.05) is 6.61 Å². The van der Waals surface area contributed by atoms with E-state index in [9.17, 15) is 9.59 Å². The Morgan fingerprint density at radius 2 is 2.04 bits per heavy atom. The van der Waals surface area contributed by atoms with Crippen LogP contribution in [0.3, 0.4) is 0 Å². The number of aromatic nitrogens is 4.